The van der Waals surface area contributed by atoms with Gasteiger partial charge in [0.25, 0.3) is 0 Å². The molecule has 0 aliphatic heterocycles. The van der Waals surface area contributed by atoms with Crippen LogP contribution in [0, 0.1) is 0 Å². The van der Waals surface area contributed by atoms with E-state index in [1.165, 1.54) is 16.3 Å². The van der Waals surface area contributed by atoms with Crippen molar-refractivity contribution in [2.24, 2.45) is 0 Å². The Balaban J connectivity index is 2.60. The zero-order valence-electron chi connectivity index (χ0n) is 8.25. The van der Waals surface area contributed by atoms with E-state index < -0.39 is 0 Å². The van der Waals surface area contributed by atoms with Crippen molar-refractivity contribution in [1.82, 2.24) is 4.98 Å². The maximum Gasteiger partial charge on any atom is 0.0662 e. The Kier molecular flexibility index (Phi) is 2.17. The number of fused-ring (bicyclic) bond motifs is 1. The molecule has 13 heavy (non-hydrogen) atoms. The summed E-state index contributed by atoms with van der Waals surface area (Å²) in [6.07, 6.45) is 6.81. The smallest absolute Gasteiger partial charge is 0.0662 e. The zero-order chi connectivity index (χ0) is 9.26. The van der Waals surface area contributed by atoms with E-state index in [-0.39, 0.29) is 0 Å². The molecule has 0 unspecified atom stereocenters. The van der Waals surface area contributed by atoms with Crippen LogP contribution in [0.3, 0.4) is 0 Å². The van der Waals surface area contributed by atoms with Crippen LogP contribution in [0.15, 0.2) is 12.1 Å². The van der Waals surface area contributed by atoms with Crippen molar-refractivity contribution in [2.75, 3.05) is 0 Å². The van der Waals surface area contributed by atoms with Crippen molar-refractivity contribution in [1.29, 1.82) is 0 Å². The lowest BCUT2D eigenvalue weighted by molar-refractivity contribution is 0.812. The lowest BCUT2D eigenvalue weighted by Crippen LogP contribution is -2.30. The Morgan fingerprint density at radius 1 is 1.15 bits per heavy atom. The fourth-order valence-electron chi connectivity index (χ4n) is 1.62. The summed E-state index contributed by atoms with van der Waals surface area (Å²) < 4.78 is 0. The highest BCUT2D eigenvalue weighted by Gasteiger charge is 2.01. The number of nitrogens with zero attached hydrogens (tertiary/aromatic N) is 1. The van der Waals surface area contributed by atoms with E-state index in [0.717, 1.165) is 12.8 Å². The second-order valence-corrected chi connectivity index (χ2v) is 3.85. The predicted molar refractivity (Wildman–Crippen MR) is 55.7 cm³/mol. The van der Waals surface area contributed by atoms with Crippen molar-refractivity contribution >= 4 is 12.2 Å². The van der Waals surface area contributed by atoms with Crippen molar-refractivity contribution in [2.45, 2.75) is 32.6 Å². The molecule has 1 nitrogen and oxygen atoms in total. The normalized spacial score (nSPS) is 14.7. The van der Waals surface area contributed by atoms with Gasteiger partial charge in [-0.2, -0.15) is 0 Å². The van der Waals surface area contributed by atoms with Gasteiger partial charge in [0.05, 0.1) is 5.35 Å². The molecular formula is C12H15N. The first-order chi connectivity index (χ1) is 6.27. The highest BCUT2D eigenvalue weighted by Crippen LogP contribution is 2.07. The van der Waals surface area contributed by atoms with Gasteiger partial charge in [0, 0.05) is 5.69 Å². The summed E-state index contributed by atoms with van der Waals surface area (Å²) in [5.74, 6) is 0.528. The van der Waals surface area contributed by atoms with Crippen LogP contribution in [0.2, 0.25) is 0 Å². The molecule has 1 heterocycles. The molecule has 68 valence electrons. The minimum absolute atomic E-state index is 0.528. The standard InChI is InChI=1S/C12H15N/c1-9(2)11-8-7-10-5-3-4-6-12(10)13-11/h5-9H,3-4H2,1-2H3. The van der Waals surface area contributed by atoms with Crippen LogP contribution in [-0.4, -0.2) is 4.98 Å². The predicted octanol–water partition coefficient (Wildman–Crippen LogP) is 1.56. The lowest BCUT2D eigenvalue weighted by Gasteiger charge is -2.05. The Labute approximate surface area is 78.8 Å². The first-order valence-electron chi connectivity index (χ1n) is 4.95. The molecule has 1 heteroatoms. The van der Waals surface area contributed by atoms with Crippen molar-refractivity contribution in [3.63, 3.8) is 0 Å². The van der Waals surface area contributed by atoms with Crippen LogP contribution in [-0.2, 0) is 0 Å². The van der Waals surface area contributed by atoms with Gasteiger partial charge in [-0.1, -0.05) is 32.1 Å². The van der Waals surface area contributed by atoms with E-state index in [9.17, 15) is 0 Å². The molecule has 0 spiro atoms. The van der Waals surface area contributed by atoms with Gasteiger partial charge < -0.3 is 0 Å². The van der Waals surface area contributed by atoms with Gasteiger partial charge in [-0.15, -0.1) is 0 Å². The van der Waals surface area contributed by atoms with Gasteiger partial charge in [0.2, 0.25) is 0 Å². The Hall–Kier alpha value is -1.11. The average molecular weight is 173 g/mol. The molecule has 0 atom stereocenters. The highest BCUT2D eigenvalue weighted by molar-refractivity contribution is 5.36. The minimum Gasteiger partial charge on any atom is -0.253 e. The lowest BCUT2D eigenvalue weighted by atomic mass is 10.1. The van der Waals surface area contributed by atoms with Crippen molar-refractivity contribution in [3.05, 3.63) is 28.4 Å². The summed E-state index contributed by atoms with van der Waals surface area (Å²) in [4.78, 5) is 4.63. The summed E-state index contributed by atoms with van der Waals surface area (Å²) in [5, 5.41) is 2.48. The van der Waals surface area contributed by atoms with E-state index in [1.807, 2.05) is 0 Å². The number of hydrogen-bond acceptors (Lipinski definition) is 1. The maximum atomic E-state index is 4.63. The number of rotatable bonds is 1. The summed E-state index contributed by atoms with van der Waals surface area (Å²) in [7, 11) is 0. The molecule has 0 radical (unpaired) electrons. The number of aromatic nitrogens is 1. The molecule has 0 aromatic carbocycles. The van der Waals surface area contributed by atoms with Crippen LogP contribution < -0.4 is 10.6 Å². The number of pyridine rings is 1. The van der Waals surface area contributed by atoms with Gasteiger partial charge in [-0.3, -0.25) is 4.98 Å². The third kappa shape index (κ3) is 1.64. The monoisotopic (exact) mass is 173 g/mol. The van der Waals surface area contributed by atoms with Crippen LogP contribution in [0.5, 0.6) is 0 Å². The molecule has 1 aromatic heterocycles. The maximum absolute atomic E-state index is 4.63. The minimum atomic E-state index is 0.528. The summed E-state index contributed by atoms with van der Waals surface area (Å²) in [6.45, 7) is 4.36. The van der Waals surface area contributed by atoms with Crippen LogP contribution >= 0.6 is 0 Å². The van der Waals surface area contributed by atoms with Crippen LogP contribution in [0.1, 0.15) is 38.3 Å². The molecule has 0 bridgehead atoms. The van der Waals surface area contributed by atoms with E-state index in [0.29, 0.717) is 5.92 Å². The SMILES string of the molecule is CC(C)c1ccc2c(n1)=CCCC=2. The highest BCUT2D eigenvalue weighted by atomic mass is 14.7. The van der Waals surface area contributed by atoms with Crippen molar-refractivity contribution < 1.29 is 0 Å². The summed E-state index contributed by atoms with van der Waals surface area (Å²) in [5.41, 5.74) is 1.20. The van der Waals surface area contributed by atoms with Gasteiger partial charge in [0.1, 0.15) is 0 Å². The molecule has 1 aromatic rings. The fraction of sp³-hybridized carbons (Fsp3) is 0.417. The molecule has 2 rings (SSSR count). The van der Waals surface area contributed by atoms with E-state index in [4.69, 9.17) is 0 Å². The Morgan fingerprint density at radius 3 is 2.69 bits per heavy atom. The molecule has 0 saturated heterocycles. The molecule has 0 N–H and O–H groups in total. The van der Waals surface area contributed by atoms with Gasteiger partial charge in [0.15, 0.2) is 0 Å². The molecule has 1 aliphatic rings. The van der Waals surface area contributed by atoms with Gasteiger partial charge in [-0.25, -0.2) is 0 Å². The van der Waals surface area contributed by atoms with Gasteiger partial charge in [-0.05, 0) is 30.0 Å². The largest absolute Gasteiger partial charge is 0.253 e. The fourth-order valence-corrected chi connectivity index (χ4v) is 1.62. The first kappa shape index (κ1) is 8.49. The quantitative estimate of drug-likeness (QED) is 0.628. The molecule has 0 amide bonds. The molecule has 0 saturated carbocycles. The van der Waals surface area contributed by atoms with Crippen LogP contribution in [0.4, 0.5) is 0 Å². The molecule has 1 aliphatic carbocycles. The van der Waals surface area contributed by atoms with E-state index >= 15 is 0 Å². The third-order valence-electron chi connectivity index (χ3n) is 2.44. The third-order valence-corrected chi connectivity index (χ3v) is 2.44. The Bertz CT molecular complexity index is 415. The zero-order valence-corrected chi connectivity index (χ0v) is 8.25. The van der Waals surface area contributed by atoms with Crippen molar-refractivity contribution in [3.8, 4) is 0 Å². The molecular weight excluding hydrogens is 158 g/mol. The number of hydrogen-bond donors (Lipinski definition) is 0. The topological polar surface area (TPSA) is 12.9 Å². The van der Waals surface area contributed by atoms with Crippen LogP contribution in [0.25, 0.3) is 12.2 Å². The summed E-state index contributed by atoms with van der Waals surface area (Å²) in [6, 6.07) is 4.33. The van der Waals surface area contributed by atoms with E-state index in [2.05, 4.69) is 43.1 Å². The second kappa shape index (κ2) is 3.33. The first-order valence-corrected chi connectivity index (χ1v) is 4.95. The second-order valence-electron chi connectivity index (χ2n) is 3.85. The Morgan fingerprint density at radius 2 is 1.92 bits per heavy atom. The summed E-state index contributed by atoms with van der Waals surface area (Å²) >= 11 is 0. The van der Waals surface area contributed by atoms with Gasteiger partial charge >= 0.3 is 0 Å². The average Bonchev–Trinajstić information content (AvgIpc) is 2.17. The van der Waals surface area contributed by atoms with E-state index in [1.54, 1.807) is 0 Å². The molecule has 0 fully saturated rings.